The molecule has 1 heterocycles. The average Bonchev–Trinajstić information content (AvgIpc) is 2.84. The molecule has 5 rings (SSSR count). The van der Waals surface area contributed by atoms with Crippen molar-refractivity contribution < 1.29 is 4.79 Å². The molecule has 1 amide bonds. The van der Waals surface area contributed by atoms with Crippen LogP contribution in [0.25, 0.3) is 0 Å². The first kappa shape index (κ1) is 13.8. The zero-order chi connectivity index (χ0) is 14.6. The maximum atomic E-state index is 12.5. The van der Waals surface area contributed by atoms with Gasteiger partial charge in [0.25, 0.3) is 5.91 Å². The zero-order valence-electron chi connectivity index (χ0n) is 13.0. The highest BCUT2D eigenvalue weighted by Gasteiger charge is 2.53. The minimum Gasteiger partial charge on any atom is -0.348 e. The molecule has 4 aliphatic carbocycles. The summed E-state index contributed by atoms with van der Waals surface area (Å²) in [5.41, 5.74) is 0.400. The summed E-state index contributed by atoms with van der Waals surface area (Å²) in [5.74, 6) is 2.97. The summed E-state index contributed by atoms with van der Waals surface area (Å²) < 4.78 is 0. The molecule has 114 valence electrons. The third-order valence-electron chi connectivity index (χ3n) is 6.32. The second-order valence-corrected chi connectivity index (χ2v) is 9.17. The van der Waals surface area contributed by atoms with Gasteiger partial charge in [-0.2, -0.15) is 0 Å². The SMILES string of the molecule is Cc1ccc(C(=O)N[C@H](C)C23CC4CC(CC(C4)C2)C3)s1. The summed E-state index contributed by atoms with van der Waals surface area (Å²) in [6, 6.07) is 4.32. The molecule has 0 saturated heterocycles. The van der Waals surface area contributed by atoms with E-state index >= 15 is 0 Å². The molecule has 0 radical (unpaired) electrons. The summed E-state index contributed by atoms with van der Waals surface area (Å²) in [5, 5.41) is 3.34. The van der Waals surface area contributed by atoms with Crippen LogP contribution in [0.15, 0.2) is 12.1 Å². The monoisotopic (exact) mass is 303 g/mol. The molecule has 0 aromatic carbocycles. The number of carbonyl (C=O) groups excluding carboxylic acids is 1. The molecule has 1 aromatic rings. The molecule has 1 aromatic heterocycles. The molecule has 0 spiro atoms. The Hall–Kier alpha value is -0.830. The molecule has 21 heavy (non-hydrogen) atoms. The first-order valence-corrected chi connectivity index (χ1v) is 9.23. The zero-order valence-corrected chi connectivity index (χ0v) is 13.8. The van der Waals surface area contributed by atoms with Gasteiger partial charge < -0.3 is 5.32 Å². The van der Waals surface area contributed by atoms with Crippen LogP contribution in [0.4, 0.5) is 0 Å². The van der Waals surface area contributed by atoms with Gasteiger partial charge in [0.05, 0.1) is 4.88 Å². The van der Waals surface area contributed by atoms with Gasteiger partial charge in [-0.25, -0.2) is 0 Å². The van der Waals surface area contributed by atoms with Crippen molar-refractivity contribution in [1.82, 2.24) is 5.32 Å². The predicted molar refractivity (Wildman–Crippen MR) is 86.6 cm³/mol. The Balaban J connectivity index is 1.50. The van der Waals surface area contributed by atoms with Gasteiger partial charge in [-0.1, -0.05) is 0 Å². The quantitative estimate of drug-likeness (QED) is 0.881. The van der Waals surface area contributed by atoms with Gasteiger partial charge >= 0.3 is 0 Å². The maximum Gasteiger partial charge on any atom is 0.261 e. The van der Waals surface area contributed by atoms with Crippen molar-refractivity contribution in [3.63, 3.8) is 0 Å². The normalized spacial score (nSPS) is 38.5. The largest absolute Gasteiger partial charge is 0.348 e. The number of thiophene rings is 1. The molecule has 4 fully saturated rings. The highest BCUT2D eigenvalue weighted by Crippen LogP contribution is 2.61. The minimum atomic E-state index is 0.136. The van der Waals surface area contributed by atoms with E-state index in [2.05, 4.69) is 19.2 Å². The van der Waals surface area contributed by atoms with Crippen LogP contribution < -0.4 is 5.32 Å². The third kappa shape index (κ3) is 2.34. The molecular formula is C18H25NOS. The van der Waals surface area contributed by atoms with Gasteiger partial charge in [0.1, 0.15) is 0 Å². The van der Waals surface area contributed by atoms with Crippen LogP contribution in [-0.4, -0.2) is 11.9 Å². The van der Waals surface area contributed by atoms with E-state index in [1.165, 1.54) is 43.4 Å². The number of carbonyl (C=O) groups is 1. The van der Waals surface area contributed by atoms with Gasteiger partial charge in [-0.05, 0) is 87.7 Å². The van der Waals surface area contributed by atoms with E-state index in [0.29, 0.717) is 11.5 Å². The summed E-state index contributed by atoms with van der Waals surface area (Å²) in [6.07, 6.45) is 8.44. The fourth-order valence-electron chi connectivity index (χ4n) is 5.69. The Labute approximate surface area is 131 Å². The molecule has 4 bridgehead atoms. The van der Waals surface area contributed by atoms with E-state index in [0.717, 1.165) is 22.6 Å². The number of amides is 1. The molecule has 1 atom stereocenters. The number of nitrogens with one attached hydrogen (secondary N) is 1. The summed E-state index contributed by atoms with van der Waals surface area (Å²) in [4.78, 5) is 14.5. The lowest BCUT2D eigenvalue weighted by molar-refractivity contribution is -0.0687. The second kappa shape index (κ2) is 4.84. The fourth-order valence-corrected chi connectivity index (χ4v) is 6.46. The van der Waals surface area contributed by atoms with E-state index in [4.69, 9.17) is 0 Å². The van der Waals surface area contributed by atoms with Crippen LogP contribution in [0.2, 0.25) is 0 Å². The van der Waals surface area contributed by atoms with Gasteiger partial charge in [0, 0.05) is 10.9 Å². The van der Waals surface area contributed by atoms with Gasteiger partial charge in [0.15, 0.2) is 0 Å². The van der Waals surface area contributed by atoms with Crippen LogP contribution >= 0.6 is 11.3 Å². The van der Waals surface area contributed by atoms with Crippen molar-refractivity contribution in [2.24, 2.45) is 23.2 Å². The smallest absolute Gasteiger partial charge is 0.261 e. The lowest BCUT2D eigenvalue weighted by atomic mass is 9.48. The first-order chi connectivity index (χ1) is 10.0. The lowest BCUT2D eigenvalue weighted by Crippen LogP contribution is -2.55. The molecule has 1 N–H and O–H groups in total. The highest BCUT2D eigenvalue weighted by molar-refractivity contribution is 7.13. The summed E-state index contributed by atoms with van der Waals surface area (Å²) >= 11 is 1.60. The Morgan fingerprint density at radius 3 is 2.24 bits per heavy atom. The van der Waals surface area contributed by atoms with E-state index in [1.54, 1.807) is 11.3 Å². The van der Waals surface area contributed by atoms with E-state index in [1.807, 2.05) is 12.1 Å². The Morgan fingerprint density at radius 2 is 1.76 bits per heavy atom. The predicted octanol–water partition coefficient (Wildman–Crippen LogP) is 4.39. The van der Waals surface area contributed by atoms with Crippen LogP contribution in [0.1, 0.15) is 60.0 Å². The van der Waals surface area contributed by atoms with Crippen molar-refractivity contribution in [3.8, 4) is 0 Å². The van der Waals surface area contributed by atoms with Gasteiger partial charge in [0.2, 0.25) is 0 Å². The van der Waals surface area contributed by atoms with Crippen LogP contribution in [-0.2, 0) is 0 Å². The second-order valence-electron chi connectivity index (χ2n) is 7.89. The van der Waals surface area contributed by atoms with Crippen LogP contribution in [0, 0.1) is 30.1 Å². The van der Waals surface area contributed by atoms with Crippen LogP contribution in [0.3, 0.4) is 0 Å². The van der Waals surface area contributed by atoms with Crippen molar-refractivity contribution in [2.75, 3.05) is 0 Å². The maximum absolute atomic E-state index is 12.5. The molecule has 0 aliphatic heterocycles. The van der Waals surface area contributed by atoms with Gasteiger partial charge in [-0.15, -0.1) is 11.3 Å². The molecular weight excluding hydrogens is 278 g/mol. The highest BCUT2D eigenvalue weighted by atomic mass is 32.1. The fraction of sp³-hybridized carbons (Fsp3) is 0.722. The average molecular weight is 303 g/mol. The molecule has 3 heteroatoms. The molecule has 4 saturated carbocycles. The van der Waals surface area contributed by atoms with Gasteiger partial charge in [-0.3, -0.25) is 4.79 Å². The topological polar surface area (TPSA) is 29.1 Å². The number of hydrogen-bond donors (Lipinski definition) is 1. The summed E-state index contributed by atoms with van der Waals surface area (Å²) in [7, 11) is 0. The van der Waals surface area contributed by atoms with Crippen molar-refractivity contribution in [1.29, 1.82) is 0 Å². The van der Waals surface area contributed by atoms with Crippen LogP contribution in [0.5, 0.6) is 0 Å². The molecule has 2 nitrogen and oxygen atoms in total. The standard InChI is InChI=1S/C18H25NOS/c1-11-3-4-16(21-11)17(20)19-12(2)18-8-13-5-14(9-18)7-15(6-13)10-18/h3-4,12-15H,5-10H2,1-2H3,(H,19,20)/t12-,13?,14?,15?,18?/m1/s1. The third-order valence-corrected chi connectivity index (χ3v) is 7.32. The minimum absolute atomic E-state index is 0.136. The van der Waals surface area contributed by atoms with Crippen molar-refractivity contribution in [3.05, 3.63) is 21.9 Å². The van der Waals surface area contributed by atoms with E-state index < -0.39 is 0 Å². The van der Waals surface area contributed by atoms with Crippen molar-refractivity contribution in [2.45, 2.75) is 58.4 Å². The Kier molecular flexibility index (Phi) is 3.18. The Morgan fingerprint density at radius 1 is 1.19 bits per heavy atom. The van der Waals surface area contributed by atoms with E-state index in [9.17, 15) is 4.79 Å². The number of rotatable bonds is 3. The number of hydrogen-bond acceptors (Lipinski definition) is 2. The van der Waals surface area contributed by atoms with Crippen molar-refractivity contribution >= 4 is 17.2 Å². The molecule has 0 unspecified atom stereocenters. The first-order valence-electron chi connectivity index (χ1n) is 8.41. The van der Waals surface area contributed by atoms with E-state index in [-0.39, 0.29) is 5.91 Å². The summed E-state index contributed by atoms with van der Waals surface area (Å²) in [6.45, 7) is 4.31. The Bertz CT molecular complexity index is 526. The lowest BCUT2D eigenvalue weighted by Gasteiger charge is -2.59. The number of aryl methyl sites for hydroxylation is 1. The molecule has 4 aliphatic rings.